The first-order valence-electron chi connectivity index (χ1n) is 8.56. The van der Waals surface area contributed by atoms with Crippen molar-refractivity contribution in [2.75, 3.05) is 6.61 Å². The molecule has 0 fully saturated rings. The first kappa shape index (κ1) is 21.5. The molecule has 7 heteroatoms. The molecule has 0 aliphatic carbocycles. The highest BCUT2D eigenvalue weighted by molar-refractivity contribution is 6.43. The predicted molar refractivity (Wildman–Crippen MR) is 107 cm³/mol. The van der Waals surface area contributed by atoms with Crippen LogP contribution < -0.4 is 4.74 Å². The first-order chi connectivity index (χ1) is 12.9. The van der Waals surface area contributed by atoms with Crippen molar-refractivity contribution < 1.29 is 19.1 Å². The van der Waals surface area contributed by atoms with E-state index in [2.05, 4.69) is 6.92 Å². The Morgan fingerprint density at radius 1 is 0.852 bits per heavy atom. The normalized spacial score (nSPS) is 10.5. The number of carbonyl (C=O) groups is 2. The zero-order chi connectivity index (χ0) is 19.8. The monoisotopic (exact) mass is 428 g/mol. The number of esters is 2. The van der Waals surface area contributed by atoms with Crippen LogP contribution in [0.2, 0.25) is 15.1 Å². The summed E-state index contributed by atoms with van der Waals surface area (Å²) in [7, 11) is 0. The summed E-state index contributed by atoms with van der Waals surface area (Å²) >= 11 is 17.8. The number of benzene rings is 2. The van der Waals surface area contributed by atoms with Crippen LogP contribution >= 0.6 is 34.8 Å². The zero-order valence-corrected chi connectivity index (χ0v) is 17.0. The highest BCUT2D eigenvalue weighted by atomic mass is 35.5. The Balaban J connectivity index is 2.02. The molecule has 0 bridgehead atoms. The lowest BCUT2D eigenvalue weighted by atomic mass is 10.1. The molecule has 0 N–H and O–H groups in total. The van der Waals surface area contributed by atoms with Crippen molar-refractivity contribution in [2.45, 2.75) is 32.6 Å². The molecule has 0 unspecified atom stereocenters. The second-order valence-corrected chi connectivity index (χ2v) is 7.09. The third-order valence-corrected chi connectivity index (χ3v) is 4.76. The fourth-order valence-corrected chi connectivity index (χ4v) is 2.87. The summed E-state index contributed by atoms with van der Waals surface area (Å²) in [5.41, 5.74) is 0.470. The standard InChI is InChI=1S/C20H19Cl3O4/c1-2-3-4-5-9-26-19(24)13-7-6-8-14(10-13)20(25)27-18-12-16(22)15(21)11-17(18)23/h6-8,10-12H,2-5,9H2,1H3. The predicted octanol–water partition coefficient (Wildman–Crippen LogP) is 6.60. The maximum Gasteiger partial charge on any atom is 0.343 e. The maximum absolute atomic E-state index is 12.4. The van der Waals surface area contributed by atoms with Gasteiger partial charge in [-0.25, -0.2) is 9.59 Å². The lowest BCUT2D eigenvalue weighted by Gasteiger charge is -2.09. The van der Waals surface area contributed by atoms with Crippen LogP contribution in [0, 0.1) is 0 Å². The molecule has 27 heavy (non-hydrogen) atoms. The molecule has 2 aromatic carbocycles. The van der Waals surface area contributed by atoms with Crippen LogP contribution in [0.25, 0.3) is 0 Å². The Morgan fingerprint density at radius 3 is 2.22 bits per heavy atom. The van der Waals surface area contributed by atoms with E-state index in [9.17, 15) is 9.59 Å². The Hall–Kier alpha value is -1.75. The number of ether oxygens (including phenoxy) is 2. The van der Waals surface area contributed by atoms with Crippen molar-refractivity contribution in [1.29, 1.82) is 0 Å². The number of hydrogen-bond donors (Lipinski definition) is 0. The van der Waals surface area contributed by atoms with Gasteiger partial charge >= 0.3 is 11.9 Å². The maximum atomic E-state index is 12.4. The molecule has 0 aliphatic heterocycles. The molecule has 0 radical (unpaired) electrons. The summed E-state index contributed by atoms with van der Waals surface area (Å²) in [6.07, 6.45) is 4.05. The third kappa shape index (κ3) is 6.42. The van der Waals surface area contributed by atoms with Gasteiger partial charge in [0, 0.05) is 6.07 Å². The fraction of sp³-hybridized carbons (Fsp3) is 0.300. The molecule has 4 nitrogen and oxygen atoms in total. The summed E-state index contributed by atoms with van der Waals surface area (Å²) in [4.78, 5) is 24.5. The van der Waals surface area contributed by atoms with E-state index in [1.54, 1.807) is 12.1 Å². The minimum Gasteiger partial charge on any atom is -0.462 e. The van der Waals surface area contributed by atoms with Crippen LogP contribution in [0.15, 0.2) is 36.4 Å². The largest absolute Gasteiger partial charge is 0.462 e. The van der Waals surface area contributed by atoms with Gasteiger partial charge in [0.15, 0.2) is 5.75 Å². The Labute approximate surface area is 173 Å². The van der Waals surface area contributed by atoms with Gasteiger partial charge in [0.2, 0.25) is 0 Å². The molecule has 0 aromatic heterocycles. The van der Waals surface area contributed by atoms with Gasteiger partial charge in [0.1, 0.15) is 0 Å². The minimum absolute atomic E-state index is 0.0833. The van der Waals surface area contributed by atoms with Gasteiger partial charge in [-0.2, -0.15) is 0 Å². The van der Waals surface area contributed by atoms with Gasteiger partial charge in [-0.1, -0.05) is 67.1 Å². The zero-order valence-electron chi connectivity index (χ0n) is 14.8. The number of rotatable bonds is 8. The van der Waals surface area contributed by atoms with Crippen molar-refractivity contribution in [2.24, 2.45) is 0 Å². The summed E-state index contributed by atoms with van der Waals surface area (Å²) < 4.78 is 10.5. The van der Waals surface area contributed by atoms with Crippen molar-refractivity contribution >= 4 is 46.7 Å². The molecule has 0 saturated carbocycles. The highest BCUT2D eigenvalue weighted by Gasteiger charge is 2.16. The van der Waals surface area contributed by atoms with E-state index < -0.39 is 11.9 Å². The summed E-state index contributed by atoms with van der Waals surface area (Å²) in [6, 6.07) is 8.87. The topological polar surface area (TPSA) is 52.6 Å². The van der Waals surface area contributed by atoms with Crippen molar-refractivity contribution in [3.05, 3.63) is 62.6 Å². The van der Waals surface area contributed by atoms with Crippen molar-refractivity contribution in [3.8, 4) is 5.75 Å². The highest BCUT2D eigenvalue weighted by Crippen LogP contribution is 2.34. The smallest absolute Gasteiger partial charge is 0.343 e. The molecule has 0 amide bonds. The average Bonchev–Trinajstić information content (AvgIpc) is 2.65. The van der Waals surface area contributed by atoms with E-state index in [0.29, 0.717) is 6.61 Å². The van der Waals surface area contributed by atoms with Gasteiger partial charge in [-0.15, -0.1) is 0 Å². The Bertz CT molecular complexity index is 821. The van der Waals surface area contributed by atoms with Crippen LogP contribution in [-0.4, -0.2) is 18.5 Å². The SMILES string of the molecule is CCCCCCOC(=O)c1cccc(C(=O)Oc2cc(Cl)c(Cl)cc2Cl)c1. The lowest BCUT2D eigenvalue weighted by Crippen LogP contribution is -2.11. The lowest BCUT2D eigenvalue weighted by molar-refractivity contribution is 0.0498. The molecular weight excluding hydrogens is 411 g/mol. The van der Waals surface area contributed by atoms with Crippen LogP contribution in [-0.2, 0) is 4.74 Å². The number of carbonyl (C=O) groups excluding carboxylic acids is 2. The second-order valence-electron chi connectivity index (χ2n) is 5.86. The van der Waals surface area contributed by atoms with Gasteiger partial charge < -0.3 is 9.47 Å². The summed E-state index contributed by atoms with van der Waals surface area (Å²) in [5, 5.41) is 0.620. The Kier molecular flexibility index (Phi) is 8.42. The van der Waals surface area contributed by atoms with Crippen LogP contribution in [0.3, 0.4) is 0 Å². The molecule has 2 aromatic rings. The molecule has 0 saturated heterocycles. The average molecular weight is 430 g/mol. The van der Waals surface area contributed by atoms with Crippen LogP contribution in [0.5, 0.6) is 5.75 Å². The molecule has 0 heterocycles. The van der Waals surface area contributed by atoms with E-state index in [1.807, 2.05) is 0 Å². The quantitative estimate of drug-likeness (QED) is 0.205. The van der Waals surface area contributed by atoms with E-state index >= 15 is 0 Å². The molecule has 2 rings (SSSR count). The Morgan fingerprint density at radius 2 is 1.52 bits per heavy atom. The number of halogens is 3. The molecular formula is C20H19Cl3O4. The van der Waals surface area contributed by atoms with Gasteiger partial charge in [0.25, 0.3) is 0 Å². The van der Waals surface area contributed by atoms with Crippen LogP contribution in [0.1, 0.15) is 53.3 Å². The summed E-state index contributed by atoms with van der Waals surface area (Å²) in [6.45, 7) is 2.47. The van der Waals surface area contributed by atoms with E-state index in [4.69, 9.17) is 44.3 Å². The van der Waals surface area contributed by atoms with E-state index in [0.717, 1.165) is 25.7 Å². The molecule has 0 spiro atoms. The second kappa shape index (κ2) is 10.5. The number of unbranched alkanes of at least 4 members (excludes halogenated alkanes) is 3. The van der Waals surface area contributed by atoms with Crippen molar-refractivity contribution in [1.82, 2.24) is 0 Å². The van der Waals surface area contributed by atoms with Gasteiger partial charge in [0.05, 0.1) is 32.8 Å². The summed E-state index contributed by atoms with van der Waals surface area (Å²) in [5.74, 6) is -1.07. The molecule has 144 valence electrons. The van der Waals surface area contributed by atoms with Crippen molar-refractivity contribution in [3.63, 3.8) is 0 Å². The first-order valence-corrected chi connectivity index (χ1v) is 9.69. The number of hydrogen-bond acceptors (Lipinski definition) is 4. The van der Waals surface area contributed by atoms with Gasteiger partial charge in [-0.05, 0) is 30.7 Å². The molecule has 0 aliphatic rings. The van der Waals surface area contributed by atoms with E-state index in [1.165, 1.54) is 24.3 Å². The van der Waals surface area contributed by atoms with Crippen LogP contribution in [0.4, 0.5) is 0 Å². The van der Waals surface area contributed by atoms with E-state index in [-0.39, 0.29) is 31.9 Å². The van der Waals surface area contributed by atoms with Gasteiger partial charge in [-0.3, -0.25) is 0 Å². The third-order valence-electron chi connectivity index (χ3n) is 3.74. The fourth-order valence-electron chi connectivity index (χ4n) is 2.29. The molecule has 0 atom stereocenters. The minimum atomic E-state index is -0.673.